The number of rotatable bonds is 7. The van der Waals surface area contributed by atoms with E-state index >= 15 is 0 Å². The van der Waals surface area contributed by atoms with Crippen molar-refractivity contribution in [3.05, 3.63) is 61.4 Å². The van der Waals surface area contributed by atoms with Crippen molar-refractivity contribution < 1.29 is 59.5 Å². The minimum atomic E-state index is -5.22. The van der Waals surface area contributed by atoms with Gasteiger partial charge in [-0.25, -0.2) is 9.59 Å². The molecule has 2 amide bonds. The summed E-state index contributed by atoms with van der Waals surface area (Å²) in [6.07, 6.45) is -0.469. The van der Waals surface area contributed by atoms with E-state index in [0.717, 1.165) is 6.07 Å². The zero-order valence-corrected chi connectivity index (χ0v) is 28.9. The summed E-state index contributed by atoms with van der Waals surface area (Å²) in [4.78, 5) is 57.5. The molecule has 5 rings (SSSR count). The smallest absolute Gasteiger partial charge is 0.365 e. The summed E-state index contributed by atoms with van der Waals surface area (Å²) in [5.41, 5.74) is -2.79. The molecule has 49 heavy (non-hydrogen) atoms. The number of imide groups is 1. The zero-order valence-electron chi connectivity index (χ0n) is 25.7. The van der Waals surface area contributed by atoms with Crippen molar-refractivity contribution in [3.63, 3.8) is 0 Å². The van der Waals surface area contributed by atoms with Crippen LogP contribution in [-0.4, -0.2) is 66.4 Å². The van der Waals surface area contributed by atoms with Crippen LogP contribution in [-0.2, 0) is 34.7 Å². The molecule has 3 aliphatic rings. The molecule has 258 valence electrons. The van der Waals surface area contributed by atoms with Gasteiger partial charge in [-0.1, -0.05) is 23.2 Å². The molecule has 2 heterocycles. The quantitative estimate of drug-likeness (QED) is 0.131. The Labute approximate surface area is 287 Å². The summed E-state index contributed by atoms with van der Waals surface area (Å²) in [5.74, 6) is -5.55. The molecule has 0 bridgehead atoms. The fraction of sp³-hybridized carbons (Fsp3) is 0.233. The molecule has 0 saturated carbocycles. The molecule has 0 atom stereocenters. The lowest BCUT2D eigenvalue weighted by molar-refractivity contribution is -0.172. The molecule has 19 heteroatoms. The number of carboxylic acids is 1. The van der Waals surface area contributed by atoms with E-state index < -0.39 is 91.9 Å². The van der Waals surface area contributed by atoms with E-state index in [4.69, 9.17) is 32.5 Å². The Morgan fingerprint density at radius 3 is 2.06 bits per heavy atom. The highest BCUT2D eigenvalue weighted by Gasteiger charge is 2.37. The molecule has 1 fully saturated rings. The van der Waals surface area contributed by atoms with E-state index in [1.54, 1.807) is 6.92 Å². The van der Waals surface area contributed by atoms with E-state index in [1.807, 2.05) is 0 Å². The predicted molar refractivity (Wildman–Crippen MR) is 172 cm³/mol. The molecule has 1 saturated heterocycles. The van der Waals surface area contributed by atoms with Gasteiger partial charge in [0.25, 0.3) is 32.1 Å². The zero-order chi connectivity index (χ0) is 36.5. The van der Waals surface area contributed by atoms with E-state index in [1.165, 1.54) is 32.9 Å². The molecule has 2 aromatic rings. The number of hydroxylamine groups is 2. The van der Waals surface area contributed by atoms with Crippen molar-refractivity contribution >= 4 is 78.2 Å². The van der Waals surface area contributed by atoms with Crippen LogP contribution >= 0.6 is 23.2 Å². The van der Waals surface area contributed by atoms with Crippen LogP contribution in [0.1, 0.15) is 57.2 Å². The van der Waals surface area contributed by atoms with Crippen LogP contribution in [0.5, 0.6) is 0 Å². The first-order valence-corrected chi connectivity index (χ1v) is 17.7. The molecule has 15 nitrogen and oxygen atoms in total. The normalized spacial score (nSPS) is 14.4. The average molecular weight is 756 g/mol. The van der Waals surface area contributed by atoms with E-state index in [0.29, 0.717) is 0 Å². The van der Waals surface area contributed by atoms with Gasteiger partial charge in [0, 0.05) is 41.5 Å². The van der Waals surface area contributed by atoms with Crippen LogP contribution in [0.3, 0.4) is 0 Å². The molecule has 2 aliphatic heterocycles. The summed E-state index contributed by atoms with van der Waals surface area (Å²) >= 11 is 13.2. The van der Waals surface area contributed by atoms with Gasteiger partial charge in [0.05, 0.1) is 26.5 Å². The maximum absolute atomic E-state index is 13.1. The summed E-state index contributed by atoms with van der Waals surface area (Å²) in [6, 6.07) is 3.58. The van der Waals surface area contributed by atoms with Crippen LogP contribution in [0.25, 0.3) is 33.4 Å². The van der Waals surface area contributed by atoms with Crippen molar-refractivity contribution in [2.24, 2.45) is 4.99 Å². The number of halogens is 2. The van der Waals surface area contributed by atoms with Crippen LogP contribution in [0.4, 0.5) is 0 Å². The number of hydrogen-bond donors (Lipinski definition) is 3. The monoisotopic (exact) mass is 754 g/mol. The Morgan fingerprint density at radius 2 is 1.53 bits per heavy atom. The first-order chi connectivity index (χ1) is 22.7. The number of carbonyl (C=O) groups excluding carboxylic acids is 3. The van der Waals surface area contributed by atoms with Crippen molar-refractivity contribution in [1.82, 2.24) is 5.06 Å². The van der Waals surface area contributed by atoms with Crippen molar-refractivity contribution in [1.29, 1.82) is 0 Å². The van der Waals surface area contributed by atoms with Gasteiger partial charge >= 0.3 is 11.9 Å². The Morgan fingerprint density at radius 1 is 0.939 bits per heavy atom. The molecule has 0 aromatic heterocycles. The largest absolute Gasteiger partial charge is 0.478 e. The number of carbonyl (C=O) groups is 4. The predicted octanol–water partition coefficient (Wildman–Crippen LogP) is 4.77. The molecule has 3 N–H and O–H groups in total. The third-order valence-electron chi connectivity index (χ3n) is 7.80. The lowest BCUT2D eigenvalue weighted by Gasteiger charge is -2.23. The summed E-state index contributed by atoms with van der Waals surface area (Å²) in [5, 5.41) is 8.90. The first-order valence-electron chi connectivity index (χ1n) is 14.0. The van der Waals surface area contributed by atoms with E-state index in [-0.39, 0.29) is 63.0 Å². The number of carboxylic acid groups (broad SMARTS) is 1. The maximum Gasteiger partial charge on any atom is 0.365 e. The Hall–Kier alpha value is -4.39. The van der Waals surface area contributed by atoms with Gasteiger partial charge < -0.3 is 14.4 Å². The number of fused-ring (bicyclic) bond motifs is 2. The number of aryl methyl sites for hydroxylation is 2. The van der Waals surface area contributed by atoms with Gasteiger partial charge in [0.2, 0.25) is 0 Å². The number of nitrogens with zero attached hydrogens (tertiary/aromatic N) is 2. The van der Waals surface area contributed by atoms with Crippen LogP contribution in [0.2, 0.25) is 10.0 Å². The topological polar surface area (TPSA) is 235 Å². The van der Waals surface area contributed by atoms with E-state index in [2.05, 4.69) is 4.99 Å². The second kappa shape index (κ2) is 12.5. The van der Waals surface area contributed by atoms with E-state index in [9.17, 15) is 50.2 Å². The third kappa shape index (κ3) is 6.06. The molecular weight excluding hydrogens is 731 g/mol. The van der Waals surface area contributed by atoms with Crippen LogP contribution in [0, 0.1) is 20.8 Å². The minimum Gasteiger partial charge on any atom is -0.478 e. The number of aromatic carboxylic acids is 1. The maximum atomic E-state index is 13.1. The van der Waals surface area contributed by atoms with Gasteiger partial charge in [0.15, 0.2) is 16.2 Å². The number of hydrogen-bond acceptors (Lipinski definition) is 11. The first kappa shape index (κ1) is 35.9. The number of amides is 2. The van der Waals surface area contributed by atoms with Crippen LogP contribution in [0.15, 0.2) is 37.4 Å². The van der Waals surface area contributed by atoms with Crippen molar-refractivity contribution in [2.45, 2.75) is 50.3 Å². The van der Waals surface area contributed by atoms with Crippen LogP contribution < -0.4 is 5.36 Å². The van der Waals surface area contributed by atoms with Gasteiger partial charge in [-0.2, -0.15) is 16.8 Å². The Bertz CT molecular complexity index is 2440. The van der Waals surface area contributed by atoms with Gasteiger partial charge in [-0.05, 0) is 62.6 Å². The Balaban J connectivity index is 2.03. The molecule has 1 aliphatic carbocycles. The minimum absolute atomic E-state index is 0.0188. The molecule has 0 radical (unpaired) electrons. The van der Waals surface area contributed by atoms with Crippen molar-refractivity contribution in [3.8, 4) is 22.5 Å². The summed E-state index contributed by atoms with van der Waals surface area (Å²) in [6.45, 7) is 5.85. The van der Waals surface area contributed by atoms with Crippen molar-refractivity contribution in [2.75, 3.05) is 6.54 Å². The standard InChI is InChI=1S/C30H24Cl2N2O13S2/c1-5-33-24-12(3)9-15-20(14-8-11(2)13(4)27(48(40,41)42)25(14)46-26(15)28(24)49(43,44)45)21-17(31)10-16(23(32)22(21)29(37)38)30(39)47-34-18(35)6-7-19(34)36/h8-10H,5-7H2,1-4H3,(H,37,38)(H,40,41,42)(H,43,44,45). The lowest BCUT2D eigenvalue weighted by Crippen LogP contribution is -2.32. The third-order valence-corrected chi connectivity index (χ3v) is 10.4. The fourth-order valence-corrected chi connectivity index (χ4v) is 8.02. The number of benzene rings is 3. The highest BCUT2D eigenvalue weighted by atomic mass is 35.5. The lowest BCUT2D eigenvalue weighted by atomic mass is 9.88. The summed E-state index contributed by atoms with van der Waals surface area (Å²) in [7, 11) is -10.4. The Kier molecular flexibility index (Phi) is 9.15. The van der Waals surface area contributed by atoms with Gasteiger partial charge in [-0.3, -0.25) is 23.7 Å². The molecule has 0 spiro atoms. The highest BCUT2D eigenvalue weighted by Crippen LogP contribution is 2.49. The average Bonchev–Trinajstić information content (AvgIpc) is 3.29. The fourth-order valence-electron chi connectivity index (χ4n) is 5.63. The second-order valence-corrected chi connectivity index (χ2v) is 14.4. The molecule has 0 unspecified atom stereocenters. The SMILES string of the molecule is CCN=c1c(C)cc2c(-c3c(Cl)cc(C(=O)ON4C(=O)CCC4=O)c(Cl)c3C(=O)O)c3cc(C)c(C)c(S(=O)(=O)O)c3oc-2c1S(=O)(=O)O. The molecular formula is C30H24Cl2N2O13S2. The highest BCUT2D eigenvalue weighted by molar-refractivity contribution is 7.86. The molecule has 2 aromatic carbocycles. The summed E-state index contributed by atoms with van der Waals surface area (Å²) < 4.78 is 78.0. The van der Waals surface area contributed by atoms with Gasteiger partial charge in [0.1, 0.15) is 4.90 Å². The van der Waals surface area contributed by atoms with Gasteiger partial charge in [-0.15, -0.1) is 5.06 Å². The second-order valence-electron chi connectivity index (χ2n) is 10.9.